The van der Waals surface area contributed by atoms with Gasteiger partial charge in [0.2, 0.25) is 0 Å². The normalized spacial score (nSPS) is 12.5. The maximum Gasteiger partial charge on any atom is 0.122 e. The second-order valence-corrected chi connectivity index (χ2v) is 6.21. The maximum atomic E-state index is 10.4. The summed E-state index contributed by atoms with van der Waals surface area (Å²) in [7, 11) is 0. The van der Waals surface area contributed by atoms with E-state index in [1.807, 2.05) is 50.2 Å². The summed E-state index contributed by atoms with van der Waals surface area (Å²) in [6.07, 6.45) is 0.243. The molecule has 1 atom stereocenters. The monoisotopic (exact) mass is 324 g/mol. The number of benzene rings is 2. The number of hydrogen-bond acceptors (Lipinski definition) is 3. The lowest BCUT2D eigenvalue weighted by atomic mass is 10.1. The molecule has 0 spiro atoms. The number of aliphatic hydroxyl groups is 1. The second-order valence-electron chi connectivity index (χ2n) is 6.21. The zero-order valence-corrected chi connectivity index (χ0v) is 14.5. The maximum absolute atomic E-state index is 10.4. The Balaban J connectivity index is 1.73. The van der Waals surface area contributed by atoms with E-state index in [2.05, 4.69) is 22.5 Å². The molecule has 1 aromatic heterocycles. The van der Waals surface area contributed by atoms with Gasteiger partial charge in [-0.05, 0) is 43.2 Å². The number of para-hydroxylation sites is 2. The Hall–Kier alpha value is -2.33. The van der Waals surface area contributed by atoms with Crippen LogP contribution in [0, 0.1) is 13.8 Å². The smallest absolute Gasteiger partial charge is 0.122 e. The van der Waals surface area contributed by atoms with Gasteiger partial charge in [0.1, 0.15) is 24.3 Å². The minimum atomic E-state index is -0.590. The van der Waals surface area contributed by atoms with Gasteiger partial charge in [-0.2, -0.15) is 0 Å². The highest BCUT2D eigenvalue weighted by atomic mass is 16.5. The number of ether oxygens (including phenoxy) is 1. The largest absolute Gasteiger partial charge is 0.491 e. The third kappa shape index (κ3) is 3.44. The number of aryl methyl sites for hydroxylation is 3. The Labute approximate surface area is 142 Å². The molecule has 24 heavy (non-hydrogen) atoms. The third-order valence-electron chi connectivity index (χ3n) is 4.22. The molecule has 0 saturated carbocycles. The van der Waals surface area contributed by atoms with Crippen molar-refractivity contribution in [2.24, 2.45) is 0 Å². The molecule has 4 nitrogen and oxygen atoms in total. The fourth-order valence-corrected chi connectivity index (χ4v) is 2.91. The van der Waals surface area contributed by atoms with Crippen LogP contribution in [-0.4, -0.2) is 27.4 Å². The van der Waals surface area contributed by atoms with Gasteiger partial charge < -0.3 is 14.4 Å². The number of aliphatic hydroxyl groups excluding tert-OH is 1. The zero-order chi connectivity index (χ0) is 17.1. The second kappa shape index (κ2) is 7.05. The van der Waals surface area contributed by atoms with E-state index in [1.165, 1.54) is 0 Å². The van der Waals surface area contributed by atoms with Crippen molar-refractivity contribution >= 4 is 11.0 Å². The molecule has 2 aromatic carbocycles. The van der Waals surface area contributed by atoms with E-state index in [0.29, 0.717) is 6.54 Å². The first-order chi connectivity index (χ1) is 11.6. The van der Waals surface area contributed by atoms with Crippen molar-refractivity contribution in [1.82, 2.24) is 9.55 Å². The third-order valence-corrected chi connectivity index (χ3v) is 4.22. The summed E-state index contributed by atoms with van der Waals surface area (Å²) in [4.78, 5) is 4.64. The predicted molar refractivity (Wildman–Crippen MR) is 96.5 cm³/mol. The molecule has 0 aliphatic rings. The standard InChI is InChI=1S/C20H24N2O2/c1-4-20-21-17-7-5-6-8-18(17)22(20)12-16(23)13-24-19-11-14(2)9-10-15(19)3/h5-11,16,23H,4,12-13H2,1-3H3/t16-/m1/s1. The first kappa shape index (κ1) is 16.5. The Kier molecular flexibility index (Phi) is 4.86. The van der Waals surface area contributed by atoms with E-state index < -0.39 is 6.10 Å². The molecule has 1 N–H and O–H groups in total. The van der Waals surface area contributed by atoms with Crippen LogP contribution in [0.25, 0.3) is 11.0 Å². The minimum Gasteiger partial charge on any atom is -0.491 e. The highest BCUT2D eigenvalue weighted by molar-refractivity contribution is 5.75. The van der Waals surface area contributed by atoms with E-state index in [4.69, 9.17) is 4.74 Å². The van der Waals surface area contributed by atoms with Gasteiger partial charge in [0.05, 0.1) is 17.6 Å². The van der Waals surface area contributed by atoms with Crippen molar-refractivity contribution in [3.8, 4) is 5.75 Å². The summed E-state index contributed by atoms with van der Waals surface area (Å²) in [6.45, 7) is 6.87. The van der Waals surface area contributed by atoms with Crippen LogP contribution < -0.4 is 4.74 Å². The number of nitrogens with zero attached hydrogens (tertiary/aromatic N) is 2. The highest BCUT2D eigenvalue weighted by Gasteiger charge is 2.14. The van der Waals surface area contributed by atoms with Gasteiger partial charge in [0.25, 0.3) is 0 Å². The van der Waals surface area contributed by atoms with Crippen molar-refractivity contribution in [2.45, 2.75) is 39.8 Å². The Morgan fingerprint density at radius 2 is 1.96 bits per heavy atom. The molecule has 0 saturated heterocycles. The molecule has 1 heterocycles. The summed E-state index contributed by atoms with van der Waals surface area (Å²) in [5.41, 5.74) is 4.26. The fourth-order valence-electron chi connectivity index (χ4n) is 2.91. The van der Waals surface area contributed by atoms with Crippen LogP contribution in [-0.2, 0) is 13.0 Å². The highest BCUT2D eigenvalue weighted by Crippen LogP contribution is 2.20. The van der Waals surface area contributed by atoms with Gasteiger partial charge >= 0.3 is 0 Å². The van der Waals surface area contributed by atoms with Gasteiger partial charge in [0.15, 0.2) is 0 Å². The molecule has 0 radical (unpaired) electrons. The fraction of sp³-hybridized carbons (Fsp3) is 0.350. The molecule has 0 bridgehead atoms. The minimum absolute atomic E-state index is 0.264. The van der Waals surface area contributed by atoms with Crippen LogP contribution in [0.1, 0.15) is 23.9 Å². The Morgan fingerprint density at radius 1 is 1.17 bits per heavy atom. The predicted octanol–water partition coefficient (Wildman–Crippen LogP) is 3.66. The van der Waals surface area contributed by atoms with Crippen LogP contribution >= 0.6 is 0 Å². The Bertz CT molecular complexity index is 839. The molecule has 0 aliphatic carbocycles. The Morgan fingerprint density at radius 3 is 2.75 bits per heavy atom. The lowest BCUT2D eigenvalue weighted by molar-refractivity contribution is 0.0924. The van der Waals surface area contributed by atoms with Crippen LogP contribution in [0.2, 0.25) is 0 Å². The summed E-state index contributed by atoms with van der Waals surface area (Å²) in [5.74, 6) is 1.82. The first-order valence-corrected chi connectivity index (χ1v) is 8.40. The van der Waals surface area contributed by atoms with Gasteiger partial charge in [-0.3, -0.25) is 0 Å². The number of aromatic nitrogens is 2. The lowest BCUT2D eigenvalue weighted by Crippen LogP contribution is -2.24. The van der Waals surface area contributed by atoms with E-state index in [9.17, 15) is 5.11 Å². The zero-order valence-electron chi connectivity index (χ0n) is 14.5. The number of rotatable bonds is 6. The molecule has 0 unspecified atom stereocenters. The van der Waals surface area contributed by atoms with E-state index in [0.717, 1.165) is 40.2 Å². The van der Waals surface area contributed by atoms with Crippen molar-refractivity contribution in [2.75, 3.05) is 6.61 Å². The van der Waals surface area contributed by atoms with Crippen LogP contribution in [0.3, 0.4) is 0 Å². The van der Waals surface area contributed by atoms with E-state index >= 15 is 0 Å². The molecule has 126 valence electrons. The molecular formula is C20H24N2O2. The number of fused-ring (bicyclic) bond motifs is 1. The lowest BCUT2D eigenvalue weighted by Gasteiger charge is -2.16. The quantitative estimate of drug-likeness (QED) is 0.753. The van der Waals surface area contributed by atoms with Crippen molar-refractivity contribution in [1.29, 1.82) is 0 Å². The summed E-state index contributed by atoms with van der Waals surface area (Å²) >= 11 is 0. The van der Waals surface area contributed by atoms with Gasteiger partial charge in [-0.1, -0.05) is 31.2 Å². The van der Waals surface area contributed by atoms with Gasteiger partial charge in [0, 0.05) is 6.42 Å². The van der Waals surface area contributed by atoms with Crippen LogP contribution in [0.4, 0.5) is 0 Å². The van der Waals surface area contributed by atoms with Crippen molar-refractivity contribution < 1.29 is 9.84 Å². The first-order valence-electron chi connectivity index (χ1n) is 8.40. The molecular weight excluding hydrogens is 300 g/mol. The summed E-state index contributed by atoms with van der Waals surface area (Å²) in [6, 6.07) is 14.1. The topological polar surface area (TPSA) is 47.3 Å². The molecule has 4 heteroatoms. The van der Waals surface area contributed by atoms with Crippen molar-refractivity contribution in [3.63, 3.8) is 0 Å². The average Bonchev–Trinajstić information content (AvgIpc) is 2.93. The summed E-state index contributed by atoms with van der Waals surface area (Å²) < 4.78 is 7.92. The summed E-state index contributed by atoms with van der Waals surface area (Å²) in [5, 5.41) is 10.4. The van der Waals surface area contributed by atoms with Gasteiger partial charge in [-0.15, -0.1) is 0 Å². The van der Waals surface area contributed by atoms with Crippen molar-refractivity contribution in [3.05, 3.63) is 59.4 Å². The number of hydrogen-bond donors (Lipinski definition) is 1. The molecule has 0 aliphatic heterocycles. The van der Waals surface area contributed by atoms with E-state index in [-0.39, 0.29) is 6.61 Å². The molecule has 0 amide bonds. The van der Waals surface area contributed by atoms with Crippen LogP contribution in [0.15, 0.2) is 42.5 Å². The molecule has 3 rings (SSSR count). The average molecular weight is 324 g/mol. The molecule has 0 fully saturated rings. The SMILES string of the molecule is CCc1nc2ccccc2n1C[C@@H](O)COc1cc(C)ccc1C. The number of imidazole rings is 1. The van der Waals surface area contributed by atoms with Gasteiger partial charge in [-0.25, -0.2) is 4.98 Å². The molecule has 3 aromatic rings. The van der Waals surface area contributed by atoms with E-state index in [1.54, 1.807) is 0 Å². The van der Waals surface area contributed by atoms with Crippen LogP contribution in [0.5, 0.6) is 5.75 Å².